The number of unbranched alkanes of at least 4 members (excludes halogenated alkanes) is 3. The third-order valence-electron chi connectivity index (χ3n) is 8.17. The summed E-state index contributed by atoms with van der Waals surface area (Å²) in [6.07, 6.45) is 10.8. The molecular weight excluding hydrogens is 420 g/mol. The Bertz CT molecular complexity index is 553. The van der Waals surface area contributed by atoms with Crippen LogP contribution in [0, 0.1) is 17.8 Å². The van der Waals surface area contributed by atoms with Crippen molar-refractivity contribution in [2.45, 2.75) is 122 Å². The van der Waals surface area contributed by atoms with Gasteiger partial charge in [-0.05, 0) is 68.5 Å². The fourth-order valence-electron chi connectivity index (χ4n) is 4.94. The maximum Gasteiger partial charge on any atom is 0.305 e. The van der Waals surface area contributed by atoms with Crippen molar-refractivity contribution in [1.82, 2.24) is 0 Å². The Morgan fingerprint density at radius 3 is 2.41 bits per heavy atom. The molecule has 1 saturated carbocycles. The summed E-state index contributed by atoms with van der Waals surface area (Å²) < 4.78 is 24.0. The lowest BCUT2D eigenvalue weighted by molar-refractivity contribution is -0.197. The number of rotatable bonds is 12. The molecule has 1 aliphatic carbocycles. The van der Waals surface area contributed by atoms with Gasteiger partial charge in [0.15, 0.2) is 14.6 Å². The summed E-state index contributed by atoms with van der Waals surface area (Å²) in [7, 11) is -0.335. The van der Waals surface area contributed by atoms with Crippen molar-refractivity contribution in [3.8, 4) is 0 Å². The standard InChI is InChI=1S/C26H50O5Si/c1-20-18-23(31-25-16-12-13-17-29-25)22(19-30-32(6,7)26(2,3)4)21(20)14-10-8-9-11-15-24(27)28-5/h20-23,25H,8-19H2,1-7H3/t20-,21-,22+,23?,25?/m0/s1. The van der Waals surface area contributed by atoms with Gasteiger partial charge in [0.1, 0.15) is 0 Å². The first-order valence-corrected chi connectivity index (χ1v) is 15.9. The second-order valence-electron chi connectivity index (χ2n) is 11.6. The molecule has 2 aliphatic rings. The van der Waals surface area contributed by atoms with Crippen molar-refractivity contribution in [1.29, 1.82) is 0 Å². The van der Waals surface area contributed by atoms with Crippen LogP contribution in [-0.2, 0) is 23.4 Å². The van der Waals surface area contributed by atoms with E-state index in [0.29, 0.717) is 24.2 Å². The van der Waals surface area contributed by atoms with Crippen molar-refractivity contribution >= 4 is 14.3 Å². The quantitative estimate of drug-likeness (QED) is 0.180. The maximum absolute atomic E-state index is 11.3. The minimum Gasteiger partial charge on any atom is -0.469 e. The molecule has 1 heterocycles. The van der Waals surface area contributed by atoms with Crippen molar-refractivity contribution in [3.05, 3.63) is 0 Å². The van der Waals surface area contributed by atoms with Gasteiger partial charge in [-0.1, -0.05) is 47.0 Å². The van der Waals surface area contributed by atoms with Crippen LogP contribution in [0.4, 0.5) is 0 Å². The fourth-order valence-corrected chi connectivity index (χ4v) is 5.98. The van der Waals surface area contributed by atoms with E-state index in [9.17, 15) is 4.79 Å². The lowest BCUT2D eigenvalue weighted by Crippen LogP contribution is -2.44. The van der Waals surface area contributed by atoms with Crippen LogP contribution in [0.3, 0.4) is 0 Å². The molecule has 0 radical (unpaired) electrons. The van der Waals surface area contributed by atoms with Gasteiger partial charge in [0.2, 0.25) is 0 Å². The van der Waals surface area contributed by atoms with Crippen LogP contribution >= 0.6 is 0 Å². The molecule has 0 aromatic carbocycles. The summed E-state index contributed by atoms with van der Waals surface area (Å²) >= 11 is 0. The highest BCUT2D eigenvalue weighted by Gasteiger charge is 2.45. The van der Waals surface area contributed by atoms with Gasteiger partial charge in [-0.15, -0.1) is 0 Å². The van der Waals surface area contributed by atoms with E-state index in [1.165, 1.54) is 32.8 Å². The molecule has 0 spiro atoms. The average molecular weight is 471 g/mol. The number of carbonyl (C=O) groups excluding carboxylic acids is 1. The minimum atomic E-state index is -1.80. The van der Waals surface area contributed by atoms with Crippen LogP contribution in [-0.4, -0.2) is 47.0 Å². The van der Waals surface area contributed by atoms with Gasteiger partial charge in [0.05, 0.1) is 13.2 Å². The Kier molecular flexibility index (Phi) is 11.2. The summed E-state index contributed by atoms with van der Waals surface area (Å²) in [6.45, 7) is 15.7. The Morgan fingerprint density at radius 1 is 1.06 bits per heavy atom. The van der Waals surface area contributed by atoms with Crippen LogP contribution in [0.1, 0.15) is 91.9 Å². The average Bonchev–Trinajstić information content (AvgIpc) is 3.02. The zero-order valence-corrected chi connectivity index (χ0v) is 22.9. The molecule has 5 nitrogen and oxygen atoms in total. The Hall–Kier alpha value is -0.433. The Morgan fingerprint density at radius 2 is 1.78 bits per heavy atom. The number of methoxy groups -OCH3 is 1. The molecule has 1 aliphatic heterocycles. The SMILES string of the molecule is COC(=O)CCCCCC[C@H]1[C@@H](C)CC(OC2CCCCO2)[C@@H]1CO[Si](C)(C)C(C)(C)C. The zero-order chi connectivity index (χ0) is 23.8. The van der Waals surface area contributed by atoms with Crippen molar-refractivity contribution in [2.75, 3.05) is 20.3 Å². The third-order valence-corrected chi connectivity index (χ3v) is 12.7. The van der Waals surface area contributed by atoms with E-state index in [2.05, 4.69) is 40.8 Å². The van der Waals surface area contributed by atoms with Crippen LogP contribution in [0.25, 0.3) is 0 Å². The van der Waals surface area contributed by atoms with Gasteiger partial charge in [0, 0.05) is 25.6 Å². The molecule has 0 aromatic rings. The predicted molar refractivity (Wildman–Crippen MR) is 132 cm³/mol. The highest BCUT2D eigenvalue weighted by atomic mass is 28.4. The van der Waals surface area contributed by atoms with Gasteiger partial charge in [-0.25, -0.2) is 0 Å². The summed E-state index contributed by atoms with van der Waals surface area (Å²) in [5.74, 6) is 1.63. The first-order valence-electron chi connectivity index (χ1n) is 13.0. The van der Waals surface area contributed by atoms with Gasteiger partial charge >= 0.3 is 5.97 Å². The van der Waals surface area contributed by atoms with E-state index in [1.807, 2.05) is 0 Å². The van der Waals surface area contributed by atoms with Crippen molar-refractivity contribution in [3.63, 3.8) is 0 Å². The molecule has 2 fully saturated rings. The molecule has 0 aromatic heterocycles. The second-order valence-corrected chi connectivity index (χ2v) is 16.4. The third kappa shape index (κ3) is 8.41. The summed E-state index contributed by atoms with van der Waals surface area (Å²) in [5.41, 5.74) is 0. The molecule has 0 N–H and O–H groups in total. The van der Waals surface area contributed by atoms with E-state index in [1.54, 1.807) is 0 Å². The van der Waals surface area contributed by atoms with E-state index >= 15 is 0 Å². The fraction of sp³-hybridized carbons (Fsp3) is 0.962. The normalized spacial score (nSPS) is 29.3. The molecule has 0 amide bonds. The molecule has 2 rings (SSSR count). The Labute approximate surface area is 198 Å². The molecule has 188 valence electrons. The first kappa shape index (κ1) is 27.8. The van der Waals surface area contributed by atoms with Crippen LogP contribution in [0.5, 0.6) is 0 Å². The molecule has 2 unspecified atom stereocenters. The monoisotopic (exact) mass is 470 g/mol. The first-order chi connectivity index (χ1) is 15.0. The van der Waals surface area contributed by atoms with E-state index < -0.39 is 8.32 Å². The Balaban J connectivity index is 1.94. The smallest absolute Gasteiger partial charge is 0.305 e. The molecule has 32 heavy (non-hydrogen) atoms. The predicted octanol–water partition coefficient (Wildman–Crippen LogP) is 6.71. The maximum atomic E-state index is 11.3. The molecule has 5 atom stereocenters. The molecule has 1 saturated heterocycles. The summed E-state index contributed by atoms with van der Waals surface area (Å²) in [4.78, 5) is 11.3. The van der Waals surface area contributed by atoms with Crippen molar-refractivity contribution in [2.24, 2.45) is 17.8 Å². The van der Waals surface area contributed by atoms with Crippen LogP contribution < -0.4 is 0 Å². The molecule has 0 bridgehead atoms. The largest absolute Gasteiger partial charge is 0.469 e. The topological polar surface area (TPSA) is 54.0 Å². The van der Waals surface area contributed by atoms with E-state index in [-0.39, 0.29) is 23.4 Å². The molecular formula is C26H50O5Si. The second kappa shape index (κ2) is 12.9. The lowest BCUT2D eigenvalue weighted by atomic mass is 9.85. The van der Waals surface area contributed by atoms with Crippen molar-refractivity contribution < 1.29 is 23.4 Å². The van der Waals surface area contributed by atoms with E-state index in [0.717, 1.165) is 45.3 Å². The number of hydrogen-bond acceptors (Lipinski definition) is 5. The molecule has 6 heteroatoms. The summed E-state index contributed by atoms with van der Waals surface area (Å²) in [5, 5.41) is 0.217. The number of hydrogen-bond donors (Lipinski definition) is 0. The van der Waals surface area contributed by atoms with Crippen LogP contribution in [0.15, 0.2) is 0 Å². The number of carbonyl (C=O) groups is 1. The van der Waals surface area contributed by atoms with Gasteiger partial charge in [0.25, 0.3) is 0 Å². The highest BCUT2D eigenvalue weighted by Crippen LogP contribution is 2.45. The van der Waals surface area contributed by atoms with Gasteiger partial charge in [-0.2, -0.15) is 0 Å². The van der Waals surface area contributed by atoms with Gasteiger partial charge < -0.3 is 18.6 Å². The summed E-state index contributed by atoms with van der Waals surface area (Å²) in [6, 6.07) is 0. The van der Waals surface area contributed by atoms with Gasteiger partial charge in [-0.3, -0.25) is 4.79 Å². The minimum absolute atomic E-state index is 0.0339. The number of ether oxygens (including phenoxy) is 3. The van der Waals surface area contributed by atoms with Crippen LogP contribution in [0.2, 0.25) is 18.1 Å². The van der Waals surface area contributed by atoms with E-state index in [4.69, 9.17) is 18.6 Å². The number of esters is 1. The zero-order valence-electron chi connectivity index (χ0n) is 21.9. The lowest BCUT2D eigenvalue weighted by Gasteiger charge is -2.39. The highest BCUT2D eigenvalue weighted by molar-refractivity contribution is 6.74.